The van der Waals surface area contributed by atoms with Crippen LogP contribution in [0.25, 0.3) is 20.4 Å². The van der Waals surface area contributed by atoms with Crippen LogP contribution in [0.2, 0.25) is 0 Å². The lowest BCUT2D eigenvalue weighted by atomic mass is 9.90. The zero-order chi connectivity index (χ0) is 21.9. The molecular weight excluding hydrogens is 422 g/mol. The van der Waals surface area contributed by atoms with Crippen molar-refractivity contribution >= 4 is 43.4 Å². The number of piperidine rings is 1. The molecule has 6 rings (SSSR count). The SMILES string of the molecule is C[C@@H]1CCCCN1c1ncnc2c1sc1nc(N3CCOCC3)c3c(c12)CC(C)(C)OC3. The Labute approximate surface area is 192 Å². The molecule has 0 unspecified atom stereocenters. The first kappa shape index (κ1) is 20.6. The third-order valence-corrected chi connectivity index (χ3v) is 8.24. The van der Waals surface area contributed by atoms with E-state index in [4.69, 9.17) is 24.4 Å². The quantitative estimate of drug-likeness (QED) is 0.573. The number of nitrogens with zero attached hydrogens (tertiary/aromatic N) is 5. The molecule has 2 saturated heterocycles. The molecule has 8 heteroatoms. The van der Waals surface area contributed by atoms with Gasteiger partial charge in [-0.05, 0) is 45.6 Å². The predicted octanol–water partition coefficient (Wildman–Crippen LogP) is 4.31. The third kappa shape index (κ3) is 3.35. The summed E-state index contributed by atoms with van der Waals surface area (Å²) >= 11 is 1.76. The maximum Gasteiger partial charge on any atom is 0.150 e. The Hall–Kier alpha value is -2.03. The first-order valence-electron chi connectivity index (χ1n) is 11.8. The molecule has 1 atom stereocenters. The molecule has 0 radical (unpaired) electrons. The molecule has 3 aliphatic heterocycles. The van der Waals surface area contributed by atoms with Gasteiger partial charge in [-0.15, -0.1) is 11.3 Å². The first-order chi connectivity index (χ1) is 15.5. The number of thiophene rings is 1. The summed E-state index contributed by atoms with van der Waals surface area (Å²) in [5.41, 5.74) is 3.44. The molecule has 32 heavy (non-hydrogen) atoms. The minimum atomic E-state index is -0.199. The maximum absolute atomic E-state index is 6.26. The lowest BCUT2D eigenvalue weighted by Crippen LogP contribution is -2.39. The molecule has 0 aromatic carbocycles. The highest BCUT2D eigenvalue weighted by atomic mass is 32.1. The van der Waals surface area contributed by atoms with Crippen molar-refractivity contribution in [3.63, 3.8) is 0 Å². The van der Waals surface area contributed by atoms with Crippen molar-refractivity contribution in [2.75, 3.05) is 42.6 Å². The number of rotatable bonds is 2. The van der Waals surface area contributed by atoms with E-state index in [0.29, 0.717) is 12.6 Å². The van der Waals surface area contributed by atoms with Crippen molar-refractivity contribution in [1.82, 2.24) is 15.0 Å². The van der Waals surface area contributed by atoms with E-state index in [-0.39, 0.29) is 5.60 Å². The molecule has 3 aliphatic rings. The highest BCUT2D eigenvalue weighted by molar-refractivity contribution is 7.26. The summed E-state index contributed by atoms with van der Waals surface area (Å²) in [5.74, 6) is 2.15. The minimum Gasteiger partial charge on any atom is -0.378 e. The number of pyridine rings is 1. The van der Waals surface area contributed by atoms with Crippen LogP contribution in [0.3, 0.4) is 0 Å². The average molecular weight is 454 g/mol. The normalized spacial score (nSPS) is 23.7. The largest absolute Gasteiger partial charge is 0.378 e. The van der Waals surface area contributed by atoms with Crippen LogP contribution in [0.5, 0.6) is 0 Å². The fourth-order valence-electron chi connectivity index (χ4n) is 5.43. The van der Waals surface area contributed by atoms with Gasteiger partial charge < -0.3 is 19.3 Å². The van der Waals surface area contributed by atoms with Crippen molar-refractivity contribution in [3.05, 3.63) is 17.5 Å². The van der Waals surface area contributed by atoms with E-state index in [1.54, 1.807) is 17.7 Å². The smallest absolute Gasteiger partial charge is 0.150 e. The van der Waals surface area contributed by atoms with Crippen LogP contribution in [-0.2, 0) is 22.5 Å². The summed E-state index contributed by atoms with van der Waals surface area (Å²) in [7, 11) is 0. The van der Waals surface area contributed by atoms with Crippen molar-refractivity contribution in [2.24, 2.45) is 0 Å². The van der Waals surface area contributed by atoms with E-state index >= 15 is 0 Å². The molecule has 0 bridgehead atoms. The Morgan fingerprint density at radius 3 is 2.72 bits per heavy atom. The van der Waals surface area contributed by atoms with Gasteiger partial charge in [-0.25, -0.2) is 15.0 Å². The summed E-state index contributed by atoms with van der Waals surface area (Å²) in [6, 6.07) is 0.505. The van der Waals surface area contributed by atoms with E-state index < -0.39 is 0 Å². The molecule has 170 valence electrons. The summed E-state index contributed by atoms with van der Waals surface area (Å²) in [6.07, 6.45) is 6.35. The summed E-state index contributed by atoms with van der Waals surface area (Å²) in [4.78, 5) is 20.7. The van der Waals surface area contributed by atoms with Gasteiger partial charge in [0.05, 0.1) is 35.6 Å². The van der Waals surface area contributed by atoms with Crippen LogP contribution in [-0.4, -0.2) is 59.4 Å². The van der Waals surface area contributed by atoms with Crippen LogP contribution in [0.15, 0.2) is 6.33 Å². The average Bonchev–Trinajstić information content (AvgIpc) is 3.18. The highest BCUT2D eigenvalue weighted by Crippen LogP contribution is 2.45. The molecule has 3 aromatic heterocycles. The number of fused-ring (bicyclic) bond motifs is 5. The van der Waals surface area contributed by atoms with Gasteiger partial charge in [0, 0.05) is 43.0 Å². The van der Waals surface area contributed by atoms with Crippen molar-refractivity contribution in [2.45, 2.75) is 64.7 Å². The Kier molecular flexibility index (Phi) is 5.00. The summed E-state index contributed by atoms with van der Waals surface area (Å²) in [5, 5.41) is 1.21. The van der Waals surface area contributed by atoms with Gasteiger partial charge in [0.1, 0.15) is 22.8 Å². The van der Waals surface area contributed by atoms with Gasteiger partial charge in [0.25, 0.3) is 0 Å². The van der Waals surface area contributed by atoms with E-state index in [2.05, 4.69) is 30.6 Å². The van der Waals surface area contributed by atoms with Gasteiger partial charge in [-0.3, -0.25) is 0 Å². The number of anilines is 2. The zero-order valence-corrected chi connectivity index (χ0v) is 20.0. The first-order valence-corrected chi connectivity index (χ1v) is 12.7. The molecule has 0 spiro atoms. The second kappa shape index (κ2) is 7.78. The van der Waals surface area contributed by atoms with Gasteiger partial charge in [0.2, 0.25) is 0 Å². The van der Waals surface area contributed by atoms with Gasteiger partial charge in [0.15, 0.2) is 0 Å². The van der Waals surface area contributed by atoms with Crippen molar-refractivity contribution in [3.8, 4) is 0 Å². The van der Waals surface area contributed by atoms with E-state index in [1.807, 2.05) is 0 Å². The standard InChI is InChI=1S/C24H31N5O2S/c1-15-6-4-5-7-29(15)22-20-19(25-14-26-22)18-16-12-24(2,3)31-13-17(16)21(27-23(18)32-20)28-8-10-30-11-9-28/h14-15H,4-13H2,1-3H3/t15-/m1/s1. The summed E-state index contributed by atoms with van der Waals surface area (Å²) < 4.78 is 13.0. The molecule has 0 N–H and O–H groups in total. The molecule has 0 aliphatic carbocycles. The number of hydrogen-bond acceptors (Lipinski definition) is 8. The minimum absolute atomic E-state index is 0.199. The second-order valence-corrected chi connectivity index (χ2v) is 10.9. The van der Waals surface area contributed by atoms with Crippen LogP contribution >= 0.6 is 11.3 Å². The monoisotopic (exact) mass is 453 g/mol. The fraction of sp³-hybridized carbons (Fsp3) is 0.625. The predicted molar refractivity (Wildman–Crippen MR) is 129 cm³/mol. The molecular formula is C24H31N5O2S. The molecule has 6 heterocycles. The number of aromatic nitrogens is 3. The van der Waals surface area contributed by atoms with Crippen molar-refractivity contribution in [1.29, 1.82) is 0 Å². The van der Waals surface area contributed by atoms with Crippen LogP contribution in [0.1, 0.15) is 51.2 Å². The van der Waals surface area contributed by atoms with E-state index in [1.165, 1.54) is 40.5 Å². The fourth-order valence-corrected chi connectivity index (χ4v) is 6.59. The molecule has 0 amide bonds. The molecule has 3 aromatic rings. The Balaban J connectivity index is 1.59. The van der Waals surface area contributed by atoms with Crippen LogP contribution in [0.4, 0.5) is 11.6 Å². The molecule has 2 fully saturated rings. The van der Waals surface area contributed by atoms with E-state index in [9.17, 15) is 0 Å². The van der Waals surface area contributed by atoms with Gasteiger partial charge in [-0.1, -0.05) is 0 Å². The van der Waals surface area contributed by atoms with Crippen molar-refractivity contribution < 1.29 is 9.47 Å². The maximum atomic E-state index is 6.26. The van der Waals surface area contributed by atoms with Crippen LogP contribution < -0.4 is 9.80 Å². The topological polar surface area (TPSA) is 63.6 Å². The lowest BCUT2D eigenvalue weighted by Gasteiger charge is -2.36. The number of ether oxygens (including phenoxy) is 2. The third-order valence-electron chi connectivity index (χ3n) is 7.17. The Bertz CT molecular complexity index is 1170. The van der Waals surface area contributed by atoms with Gasteiger partial charge >= 0.3 is 0 Å². The number of morpholine rings is 1. The summed E-state index contributed by atoms with van der Waals surface area (Å²) in [6.45, 7) is 11.6. The Morgan fingerprint density at radius 2 is 1.91 bits per heavy atom. The lowest BCUT2D eigenvalue weighted by molar-refractivity contribution is -0.0396. The van der Waals surface area contributed by atoms with E-state index in [0.717, 1.165) is 61.3 Å². The second-order valence-electron chi connectivity index (χ2n) is 9.91. The van der Waals surface area contributed by atoms with Crippen LogP contribution in [0, 0.1) is 0 Å². The number of hydrogen-bond donors (Lipinski definition) is 0. The Morgan fingerprint density at radius 1 is 1.06 bits per heavy atom. The highest BCUT2D eigenvalue weighted by Gasteiger charge is 2.34. The molecule has 0 saturated carbocycles. The van der Waals surface area contributed by atoms with Gasteiger partial charge in [-0.2, -0.15) is 0 Å². The zero-order valence-electron chi connectivity index (χ0n) is 19.2. The molecule has 7 nitrogen and oxygen atoms in total.